The fourth-order valence-electron chi connectivity index (χ4n) is 3.44. The third kappa shape index (κ3) is 2.87. The number of hydrogen-bond acceptors (Lipinski definition) is 2. The molecule has 1 amide bonds. The predicted molar refractivity (Wildman–Crippen MR) is 74.5 cm³/mol. The molecule has 0 aromatic rings. The van der Waals surface area contributed by atoms with E-state index in [1.54, 1.807) is 0 Å². The van der Waals surface area contributed by atoms with E-state index in [1.807, 2.05) is 0 Å². The molecule has 0 aromatic carbocycles. The van der Waals surface area contributed by atoms with Crippen LogP contribution in [0.15, 0.2) is 0 Å². The summed E-state index contributed by atoms with van der Waals surface area (Å²) in [6.45, 7) is 9.56. The fraction of sp³-hybridized carbons (Fsp3) is 0.933. The lowest BCUT2D eigenvalue weighted by Crippen LogP contribution is -2.56. The highest BCUT2D eigenvalue weighted by atomic mass is 16.2. The van der Waals surface area contributed by atoms with Gasteiger partial charge in [0.05, 0.1) is 0 Å². The number of nitrogens with zero attached hydrogens (tertiary/aromatic N) is 1. The Hall–Kier alpha value is -0.570. The molecule has 1 aliphatic carbocycles. The molecule has 104 valence electrons. The molecule has 2 aliphatic rings. The summed E-state index contributed by atoms with van der Waals surface area (Å²) in [5.74, 6) is 0.335. The molecule has 1 aliphatic heterocycles. The van der Waals surface area contributed by atoms with E-state index in [9.17, 15) is 4.79 Å². The Bertz CT molecular complexity index is 316. The van der Waals surface area contributed by atoms with Gasteiger partial charge < -0.3 is 10.2 Å². The van der Waals surface area contributed by atoms with Crippen molar-refractivity contribution in [1.29, 1.82) is 0 Å². The highest BCUT2D eigenvalue weighted by Crippen LogP contribution is 2.32. The number of nitrogens with one attached hydrogen (secondary N) is 1. The molecule has 18 heavy (non-hydrogen) atoms. The summed E-state index contributed by atoms with van der Waals surface area (Å²) in [6, 6.07) is 0.469. The van der Waals surface area contributed by atoms with Crippen LogP contribution in [0.1, 0.15) is 66.2 Å². The van der Waals surface area contributed by atoms with Crippen molar-refractivity contribution in [2.24, 2.45) is 0 Å². The van der Waals surface area contributed by atoms with Crippen LogP contribution in [-0.2, 0) is 4.79 Å². The van der Waals surface area contributed by atoms with Gasteiger partial charge in [-0.3, -0.25) is 4.79 Å². The third-order valence-electron chi connectivity index (χ3n) is 4.45. The van der Waals surface area contributed by atoms with Crippen LogP contribution in [0.5, 0.6) is 0 Å². The molecule has 3 nitrogen and oxygen atoms in total. The summed E-state index contributed by atoms with van der Waals surface area (Å²) in [5, 5.41) is 3.55. The number of rotatable bonds is 1. The summed E-state index contributed by atoms with van der Waals surface area (Å²) >= 11 is 0. The summed E-state index contributed by atoms with van der Waals surface area (Å²) in [5.41, 5.74) is -0.134. The zero-order valence-corrected chi connectivity index (χ0v) is 12.4. The normalized spacial score (nSPS) is 29.1. The second kappa shape index (κ2) is 4.84. The maximum atomic E-state index is 12.6. The third-order valence-corrected chi connectivity index (χ3v) is 4.45. The van der Waals surface area contributed by atoms with Crippen molar-refractivity contribution in [3.05, 3.63) is 0 Å². The van der Waals surface area contributed by atoms with E-state index in [2.05, 4.69) is 37.9 Å². The molecule has 0 aromatic heterocycles. The van der Waals surface area contributed by atoms with E-state index >= 15 is 0 Å². The Balaban J connectivity index is 2.21. The highest BCUT2D eigenvalue weighted by Gasteiger charge is 2.42. The van der Waals surface area contributed by atoms with Crippen molar-refractivity contribution in [2.75, 3.05) is 6.54 Å². The first-order chi connectivity index (χ1) is 8.32. The largest absolute Gasteiger partial charge is 0.333 e. The first-order valence-electron chi connectivity index (χ1n) is 7.39. The Morgan fingerprint density at radius 3 is 2.33 bits per heavy atom. The molecule has 1 heterocycles. The van der Waals surface area contributed by atoms with E-state index in [-0.39, 0.29) is 11.1 Å². The molecular weight excluding hydrogens is 224 g/mol. The molecule has 0 atom stereocenters. The SMILES string of the molecule is CC1(C)CC(=O)N(C2CCCCC2)C(C)(C)CN1. The molecule has 2 rings (SSSR count). The Labute approximate surface area is 111 Å². The molecule has 1 saturated heterocycles. The molecule has 2 fully saturated rings. The van der Waals surface area contributed by atoms with Crippen molar-refractivity contribution in [2.45, 2.75) is 83.3 Å². The summed E-state index contributed by atoms with van der Waals surface area (Å²) in [4.78, 5) is 14.8. The van der Waals surface area contributed by atoms with E-state index in [0.29, 0.717) is 18.4 Å². The zero-order chi connectivity index (χ0) is 13.4. The van der Waals surface area contributed by atoms with Crippen LogP contribution in [0.25, 0.3) is 0 Å². The topological polar surface area (TPSA) is 32.3 Å². The quantitative estimate of drug-likeness (QED) is 0.778. The smallest absolute Gasteiger partial charge is 0.225 e. The molecule has 3 heteroatoms. The number of carbonyl (C=O) groups excluding carboxylic acids is 1. The minimum atomic E-state index is -0.0717. The van der Waals surface area contributed by atoms with Crippen LogP contribution >= 0.6 is 0 Å². The molecule has 0 radical (unpaired) electrons. The van der Waals surface area contributed by atoms with Gasteiger partial charge in [-0.05, 0) is 40.5 Å². The Morgan fingerprint density at radius 2 is 1.72 bits per heavy atom. The first kappa shape index (κ1) is 13.9. The van der Waals surface area contributed by atoms with Crippen molar-refractivity contribution in [1.82, 2.24) is 10.2 Å². The van der Waals surface area contributed by atoms with E-state index in [0.717, 1.165) is 6.54 Å². The van der Waals surface area contributed by atoms with Gasteiger partial charge in [0, 0.05) is 30.1 Å². The van der Waals surface area contributed by atoms with Crippen LogP contribution in [0.3, 0.4) is 0 Å². The standard InChI is InChI=1S/C15H28N2O/c1-14(2)10-13(18)17(15(3,4)11-16-14)12-8-6-5-7-9-12/h12,16H,5-11H2,1-4H3. The first-order valence-corrected chi connectivity index (χ1v) is 7.39. The Kier molecular flexibility index (Phi) is 3.72. The van der Waals surface area contributed by atoms with Gasteiger partial charge in [0.2, 0.25) is 5.91 Å². The minimum Gasteiger partial charge on any atom is -0.333 e. The van der Waals surface area contributed by atoms with Gasteiger partial charge in [0.1, 0.15) is 0 Å². The van der Waals surface area contributed by atoms with Crippen molar-refractivity contribution >= 4 is 5.91 Å². The number of carbonyl (C=O) groups is 1. The average Bonchev–Trinajstić information content (AvgIpc) is 2.34. The Morgan fingerprint density at radius 1 is 1.11 bits per heavy atom. The molecule has 0 spiro atoms. The van der Waals surface area contributed by atoms with Gasteiger partial charge in [-0.25, -0.2) is 0 Å². The molecule has 0 bridgehead atoms. The fourth-order valence-corrected chi connectivity index (χ4v) is 3.44. The number of amides is 1. The minimum absolute atomic E-state index is 0.0626. The molecule has 1 saturated carbocycles. The summed E-state index contributed by atoms with van der Waals surface area (Å²) in [7, 11) is 0. The lowest BCUT2D eigenvalue weighted by Gasteiger charge is -2.44. The lowest BCUT2D eigenvalue weighted by molar-refractivity contribution is -0.140. The number of hydrogen-bond donors (Lipinski definition) is 1. The summed E-state index contributed by atoms with van der Waals surface area (Å²) in [6.07, 6.45) is 6.89. The van der Waals surface area contributed by atoms with Crippen LogP contribution in [-0.4, -0.2) is 34.5 Å². The second-order valence-electron chi connectivity index (χ2n) is 7.28. The van der Waals surface area contributed by atoms with Gasteiger partial charge >= 0.3 is 0 Å². The van der Waals surface area contributed by atoms with Crippen LogP contribution < -0.4 is 5.32 Å². The molecule has 1 N–H and O–H groups in total. The highest BCUT2D eigenvalue weighted by molar-refractivity contribution is 5.79. The predicted octanol–water partition coefficient (Wildman–Crippen LogP) is 2.70. The lowest BCUT2D eigenvalue weighted by atomic mass is 9.90. The average molecular weight is 252 g/mol. The van der Waals surface area contributed by atoms with E-state index < -0.39 is 0 Å². The summed E-state index contributed by atoms with van der Waals surface area (Å²) < 4.78 is 0. The van der Waals surface area contributed by atoms with E-state index in [4.69, 9.17) is 0 Å². The molecule has 0 unspecified atom stereocenters. The maximum absolute atomic E-state index is 12.6. The zero-order valence-electron chi connectivity index (χ0n) is 12.4. The molecular formula is C15H28N2O. The second-order valence-corrected chi connectivity index (χ2v) is 7.28. The van der Waals surface area contributed by atoms with E-state index in [1.165, 1.54) is 32.1 Å². The van der Waals surface area contributed by atoms with Crippen molar-refractivity contribution in [3.63, 3.8) is 0 Å². The van der Waals surface area contributed by atoms with Gasteiger partial charge in [-0.1, -0.05) is 19.3 Å². The van der Waals surface area contributed by atoms with Gasteiger partial charge in [-0.2, -0.15) is 0 Å². The van der Waals surface area contributed by atoms with Gasteiger partial charge in [0.15, 0.2) is 0 Å². The van der Waals surface area contributed by atoms with Crippen molar-refractivity contribution < 1.29 is 4.79 Å². The van der Waals surface area contributed by atoms with Crippen molar-refractivity contribution in [3.8, 4) is 0 Å². The van der Waals surface area contributed by atoms with Crippen LogP contribution in [0.4, 0.5) is 0 Å². The van der Waals surface area contributed by atoms with Gasteiger partial charge in [0.25, 0.3) is 0 Å². The monoisotopic (exact) mass is 252 g/mol. The van der Waals surface area contributed by atoms with Gasteiger partial charge in [-0.15, -0.1) is 0 Å². The van der Waals surface area contributed by atoms with Crippen LogP contribution in [0, 0.1) is 0 Å². The maximum Gasteiger partial charge on any atom is 0.225 e. The van der Waals surface area contributed by atoms with Crippen LogP contribution in [0.2, 0.25) is 0 Å².